The van der Waals surface area contributed by atoms with Crippen molar-refractivity contribution in [1.82, 2.24) is 10.6 Å². The van der Waals surface area contributed by atoms with Crippen molar-refractivity contribution in [2.24, 2.45) is 10.7 Å². The lowest BCUT2D eigenvalue weighted by Gasteiger charge is -2.11. The number of nitrogens with zero attached hydrogens (tertiary/aromatic N) is 1. The van der Waals surface area contributed by atoms with Gasteiger partial charge in [0.15, 0.2) is 5.96 Å². The molecule has 0 spiro atoms. The number of hydrogen-bond donors (Lipinski definition) is 3. The number of amides is 1. The molecule has 0 saturated carbocycles. The van der Waals surface area contributed by atoms with Crippen molar-refractivity contribution in [3.63, 3.8) is 0 Å². The number of nitrogens with one attached hydrogen (secondary N) is 2. The van der Waals surface area contributed by atoms with E-state index in [1.54, 1.807) is 12.1 Å². The van der Waals surface area contributed by atoms with E-state index in [1.807, 2.05) is 12.1 Å². The minimum Gasteiger partial charge on any atom is -0.370 e. The molecule has 0 heterocycles. The maximum atomic E-state index is 11.9. The molecule has 0 aliphatic rings. The lowest BCUT2D eigenvalue weighted by molar-refractivity contribution is 0.0953. The van der Waals surface area contributed by atoms with E-state index in [9.17, 15) is 4.79 Å². The predicted octanol–water partition coefficient (Wildman–Crippen LogP) is 2.89. The molecule has 0 radical (unpaired) electrons. The molecule has 0 aliphatic heterocycles. The van der Waals surface area contributed by atoms with Gasteiger partial charge in [-0.3, -0.25) is 9.79 Å². The van der Waals surface area contributed by atoms with Crippen molar-refractivity contribution in [1.29, 1.82) is 0 Å². The third-order valence-corrected chi connectivity index (χ3v) is 3.49. The number of carbonyl (C=O) groups excluding carboxylic acids is 1. The maximum Gasteiger partial charge on any atom is 0.251 e. The first-order valence-corrected chi connectivity index (χ1v) is 7.92. The summed E-state index contributed by atoms with van der Waals surface area (Å²) in [5.41, 5.74) is 6.39. The number of guanidine groups is 1. The van der Waals surface area contributed by atoms with Gasteiger partial charge in [-0.15, -0.1) is 24.0 Å². The second kappa shape index (κ2) is 11.7. The van der Waals surface area contributed by atoms with Gasteiger partial charge in [-0.05, 0) is 38.0 Å². The predicted molar refractivity (Wildman–Crippen MR) is 106 cm³/mol. The molecule has 1 unspecified atom stereocenters. The molecular formula is C15H24BrIN4O. The normalized spacial score (nSPS) is 12.2. The van der Waals surface area contributed by atoms with Crippen LogP contribution in [-0.2, 0) is 0 Å². The van der Waals surface area contributed by atoms with Crippen LogP contribution >= 0.6 is 39.9 Å². The Balaban J connectivity index is 0.00000441. The summed E-state index contributed by atoms with van der Waals surface area (Å²) < 4.78 is 0.892. The van der Waals surface area contributed by atoms with Crippen molar-refractivity contribution in [3.05, 3.63) is 34.3 Å². The van der Waals surface area contributed by atoms with E-state index in [4.69, 9.17) is 5.73 Å². The average molecular weight is 483 g/mol. The van der Waals surface area contributed by atoms with Crippen LogP contribution in [0.15, 0.2) is 33.7 Å². The largest absolute Gasteiger partial charge is 0.370 e. The van der Waals surface area contributed by atoms with Gasteiger partial charge in [0.2, 0.25) is 0 Å². The van der Waals surface area contributed by atoms with Gasteiger partial charge in [0.1, 0.15) is 0 Å². The molecule has 1 aromatic carbocycles. The van der Waals surface area contributed by atoms with E-state index in [-0.39, 0.29) is 29.9 Å². The number of aliphatic imine (C=N–C) groups is 1. The third kappa shape index (κ3) is 8.57. The quantitative estimate of drug-likeness (QED) is 0.242. The molecule has 0 bridgehead atoms. The van der Waals surface area contributed by atoms with E-state index in [0.717, 1.165) is 17.3 Å². The fraction of sp³-hybridized carbons (Fsp3) is 0.467. The van der Waals surface area contributed by atoms with Gasteiger partial charge in [0.25, 0.3) is 5.91 Å². The lowest BCUT2D eigenvalue weighted by atomic mass is 10.2. The Bertz CT molecular complexity index is 496. The van der Waals surface area contributed by atoms with Crippen LogP contribution in [0.3, 0.4) is 0 Å². The van der Waals surface area contributed by atoms with Crippen LogP contribution in [0, 0.1) is 0 Å². The van der Waals surface area contributed by atoms with Crippen molar-refractivity contribution in [3.8, 4) is 0 Å². The zero-order valence-electron chi connectivity index (χ0n) is 12.9. The fourth-order valence-corrected chi connectivity index (χ4v) is 2.01. The SMILES string of the molecule is CCC(C)NC(N)=NCCCNC(=O)c1cccc(Br)c1.I. The standard InChI is InChI=1S/C15H23BrN4O.HI/c1-3-11(2)20-15(17)19-9-5-8-18-14(21)12-6-4-7-13(16)10-12;/h4,6-7,10-11H,3,5,8-9H2,1-2H3,(H,18,21)(H3,17,19,20);1H. The number of hydrogen-bond acceptors (Lipinski definition) is 2. The summed E-state index contributed by atoms with van der Waals surface area (Å²) in [5.74, 6) is 0.383. The second-order valence-corrected chi connectivity index (χ2v) is 5.76. The van der Waals surface area contributed by atoms with E-state index in [2.05, 4.69) is 45.4 Å². The molecule has 0 fully saturated rings. The summed E-state index contributed by atoms with van der Waals surface area (Å²) in [6.45, 7) is 5.31. The van der Waals surface area contributed by atoms with Gasteiger partial charge in [0.05, 0.1) is 0 Å². The molecule has 4 N–H and O–H groups in total. The first-order chi connectivity index (χ1) is 10.0. The Morgan fingerprint density at radius 3 is 2.82 bits per heavy atom. The second-order valence-electron chi connectivity index (χ2n) is 4.84. The van der Waals surface area contributed by atoms with Crippen LogP contribution in [0.4, 0.5) is 0 Å². The minimum absolute atomic E-state index is 0. The van der Waals surface area contributed by atoms with Crippen LogP contribution in [0.1, 0.15) is 37.0 Å². The summed E-state index contributed by atoms with van der Waals surface area (Å²) in [6.07, 6.45) is 1.75. The molecule has 124 valence electrons. The monoisotopic (exact) mass is 482 g/mol. The number of benzene rings is 1. The molecule has 7 heteroatoms. The van der Waals surface area contributed by atoms with Crippen LogP contribution in [0.5, 0.6) is 0 Å². The van der Waals surface area contributed by atoms with Crippen LogP contribution in [0.25, 0.3) is 0 Å². The minimum atomic E-state index is -0.0778. The molecule has 0 saturated heterocycles. The fourth-order valence-electron chi connectivity index (χ4n) is 1.61. The van der Waals surface area contributed by atoms with E-state index in [1.165, 1.54) is 0 Å². The van der Waals surface area contributed by atoms with Crippen molar-refractivity contribution in [2.45, 2.75) is 32.7 Å². The summed E-state index contributed by atoms with van der Waals surface area (Å²) in [7, 11) is 0. The lowest BCUT2D eigenvalue weighted by Crippen LogP contribution is -2.38. The number of nitrogens with two attached hydrogens (primary N) is 1. The summed E-state index contributed by atoms with van der Waals surface area (Å²) in [6, 6.07) is 7.63. The molecule has 5 nitrogen and oxygen atoms in total. The molecule has 0 aromatic heterocycles. The van der Waals surface area contributed by atoms with Crippen LogP contribution in [0.2, 0.25) is 0 Å². The highest BCUT2D eigenvalue weighted by Crippen LogP contribution is 2.11. The molecule has 22 heavy (non-hydrogen) atoms. The zero-order chi connectivity index (χ0) is 15.7. The zero-order valence-corrected chi connectivity index (χ0v) is 16.9. The Kier molecular flexibility index (Phi) is 11.3. The summed E-state index contributed by atoms with van der Waals surface area (Å²) in [4.78, 5) is 16.1. The van der Waals surface area contributed by atoms with Crippen molar-refractivity contribution < 1.29 is 4.79 Å². The highest BCUT2D eigenvalue weighted by atomic mass is 127. The smallest absolute Gasteiger partial charge is 0.251 e. The summed E-state index contributed by atoms with van der Waals surface area (Å²) in [5, 5.41) is 5.96. The number of carbonyl (C=O) groups is 1. The van der Waals surface area contributed by atoms with Gasteiger partial charge in [0, 0.05) is 29.2 Å². The van der Waals surface area contributed by atoms with Crippen LogP contribution < -0.4 is 16.4 Å². The molecule has 1 amide bonds. The number of halogens is 2. The van der Waals surface area contributed by atoms with Gasteiger partial charge < -0.3 is 16.4 Å². The highest BCUT2D eigenvalue weighted by molar-refractivity contribution is 14.0. The number of rotatable bonds is 7. The van der Waals surface area contributed by atoms with Gasteiger partial charge in [-0.2, -0.15) is 0 Å². The maximum absolute atomic E-state index is 11.9. The topological polar surface area (TPSA) is 79.5 Å². The Hall–Kier alpha value is -0.830. The van der Waals surface area contributed by atoms with Crippen LogP contribution in [-0.4, -0.2) is 31.0 Å². The Morgan fingerprint density at radius 1 is 1.45 bits per heavy atom. The Morgan fingerprint density at radius 2 is 2.18 bits per heavy atom. The van der Waals surface area contributed by atoms with Gasteiger partial charge >= 0.3 is 0 Å². The molecule has 1 rings (SSSR count). The molecule has 0 aliphatic carbocycles. The van der Waals surface area contributed by atoms with E-state index in [0.29, 0.717) is 30.7 Å². The Labute approximate surface area is 157 Å². The molecular weight excluding hydrogens is 459 g/mol. The average Bonchev–Trinajstić information content (AvgIpc) is 2.46. The summed E-state index contributed by atoms with van der Waals surface area (Å²) >= 11 is 3.35. The van der Waals surface area contributed by atoms with Gasteiger partial charge in [-0.1, -0.05) is 28.9 Å². The first kappa shape index (κ1) is 21.2. The van der Waals surface area contributed by atoms with Crippen molar-refractivity contribution >= 4 is 51.8 Å². The first-order valence-electron chi connectivity index (χ1n) is 7.13. The third-order valence-electron chi connectivity index (χ3n) is 3.00. The van der Waals surface area contributed by atoms with Crippen molar-refractivity contribution in [2.75, 3.05) is 13.1 Å². The molecule has 1 aromatic rings. The van der Waals surface area contributed by atoms with E-state index >= 15 is 0 Å². The molecule has 1 atom stereocenters. The van der Waals surface area contributed by atoms with Gasteiger partial charge in [-0.25, -0.2) is 0 Å². The van der Waals surface area contributed by atoms with E-state index < -0.39 is 0 Å². The highest BCUT2D eigenvalue weighted by Gasteiger charge is 2.04.